The van der Waals surface area contributed by atoms with Crippen molar-refractivity contribution >= 4 is 22.6 Å². The fourth-order valence-corrected chi connectivity index (χ4v) is 2.84. The molecule has 0 aliphatic heterocycles. The Kier molecular flexibility index (Phi) is 3.82. The normalized spacial score (nSPS) is 25.8. The molecule has 0 aromatic heterocycles. The van der Waals surface area contributed by atoms with E-state index in [9.17, 15) is 8.78 Å². The van der Waals surface area contributed by atoms with Crippen LogP contribution >= 0.6 is 22.6 Å². The lowest BCUT2D eigenvalue weighted by Crippen LogP contribution is -2.13. The zero-order chi connectivity index (χ0) is 11.7. The standard InChI is InChI=1S/C13H15F2I/c1-8-2-4-9(5-3-8)10-6-7-11(16)13(15)12(10)14/h6-9H,2-5H2,1H3. The van der Waals surface area contributed by atoms with E-state index in [1.54, 1.807) is 12.1 Å². The molecule has 0 amide bonds. The van der Waals surface area contributed by atoms with Crippen molar-refractivity contribution in [1.29, 1.82) is 0 Å². The van der Waals surface area contributed by atoms with Crippen molar-refractivity contribution in [2.45, 2.75) is 38.5 Å². The highest BCUT2D eigenvalue weighted by Crippen LogP contribution is 2.37. The van der Waals surface area contributed by atoms with Crippen molar-refractivity contribution in [3.05, 3.63) is 32.9 Å². The summed E-state index contributed by atoms with van der Waals surface area (Å²) in [5.41, 5.74) is 0.574. The molecule has 1 aliphatic rings. The summed E-state index contributed by atoms with van der Waals surface area (Å²) < 4.78 is 27.6. The average Bonchev–Trinajstić information content (AvgIpc) is 2.28. The Morgan fingerprint density at radius 3 is 2.31 bits per heavy atom. The van der Waals surface area contributed by atoms with Crippen molar-refractivity contribution in [3.63, 3.8) is 0 Å². The Labute approximate surface area is 109 Å². The Bertz CT molecular complexity index is 382. The quantitative estimate of drug-likeness (QED) is 0.507. The Morgan fingerprint density at radius 2 is 1.69 bits per heavy atom. The highest BCUT2D eigenvalue weighted by molar-refractivity contribution is 14.1. The molecule has 88 valence electrons. The Balaban J connectivity index is 2.24. The molecule has 0 radical (unpaired) electrons. The van der Waals surface area contributed by atoms with Gasteiger partial charge in [-0.25, -0.2) is 8.78 Å². The van der Waals surface area contributed by atoms with Gasteiger partial charge in [0.2, 0.25) is 0 Å². The lowest BCUT2D eigenvalue weighted by atomic mass is 9.79. The molecule has 1 saturated carbocycles. The van der Waals surface area contributed by atoms with Crippen LogP contribution in [0.4, 0.5) is 8.78 Å². The first kappa shape index (κ1) is 12.3. The van der Waals surface area contributed by atoms with Crippen LogP contribution in [0.25, 0.3) is 0 Å². The summed E-state index contributed by atoms with van der Waals surface area (Å²) in [4.78, 5) is 0. The van der Waals surface area contributed by atoms with E-state index in [2.05, 4.69) is 6.92 Å². The van der Waals surface area contributed by atoms with Gasteiger partial charge in [0.1, 0.15) is 0 Å². The summed E-state index contributed by atoms with van der Waals surface area (Å²) in [7, 11) is 0. The van der Waals surface area contributed by atoms with Gasteiger partial charge < -0.3 is 0 Å². The van der Waals surface area contributed by atoms with Gasteiger partial charge in [-0.15, -0.1) is 0 Å². The molecule has 0 bridgehead atoms. The van der Waals surface area contributed by atoms with Gasteiger partial charge in [-0.3, -0.25) is 0 Å². The first-order valence-corrected chi connectivity index (χ1v) is 6.81. The van der Waals surface area contributed by atoms with Crippen molar-refractivity contribution in [2.24, 2.45) is 5.92 Å². The van der Waals surface area contributed by atoms with E-state index in [1.807, 2.05) is 22.6 Å². The molecule has 0 heterocycles. The van der Waals surface area contributed by atoms with Crippen LogP contribution in [-0.4, -0.2) is 0 Å². The van der Waals surface area contributed by atoms with Crippen LogP contribution in [0.5, 0.6) is 0 Å². The zero-order valence-electron chi connectivity index (χ0n) is 9.27. The lowest BCUT2D eigenvalue weighted by Gasteiger charge is -2.26. The SMILES string of the molecule is CC1CCC(c2ccc(I)c(F)c2F)CC1. The van der Waals surface area contributed by atoms with Crippen molar-refractivity contribution in [2.75, 3.05) is 0 Å². The molecule has 0 unspecified atom stereocenters. The number of halogens is 3. The highest BCUT2D eigenvalue weighted by Gasteiger charge is 2.24. The van der Waals surface area contributed by atoms with Gasteiger partial charge in [-0.1, -0.05) is 25.8 Å². The van der Waals surface area contributed by atoms with Gasteiger partial charge in [0.15, 0.2) is 11.6 Å². The highest BCUT2D eigenvalue weighted by atomic mass is 127. The average molecular weight is 336 g/mol. The summed E-state index contributed by atoms with van der Waals surface area (Å²) in [6, 6.07) is 3.42. The Morgan fingerprint density at radius 1 is 1.06 bits per heavy atom. The van der Waals surface area contributed by atoms with E-state index in [0.717, 1.165) is 31.6 Å². The molecule has 0 atom stereocenters. The molecule has 1 aromatic rings. The molecule has 0 saturated heterocycles. The summed E-state index contributed by atoms with van der Waals surface area (Å²) in [5.74, 6) is -0.376. The van der Waals surface area contributed by atoms with E-state index in [1.165, 1.54) is 0 Å². The third-order valence-electron chi connectivity index (χ3n) is 3.52. The largest absolute Gasteiger partial charge is 0.203 e. The molecule has 3 heteroatoms. The summed E-state index contributed by atoms with van der Waals surface area (Å²) >= 11 is 1.83. The molecule has 2 rings (SSSR count). The third-order valence-corrected chi connectivity index (χ3v) is 4.35. The smallest absolute Gasteiger partial charge is 0.172 e. The van der Waals surface area contributed by atoms with Gasteiger partial charge in [0.25, 0.3) is 0 Å². The molecule has 0 spiro atoms. The van der Waals surface area contributed by atoms with Crippen LogP contribution in [0.3, 0.4) is 0 Å². The van der Waals surface area contributed by atoms with Gasteiger partial charge >= 0.3 is 0 Å². The van der Waals surface area contributed by atoms with E-state index in [0.29, 0.717) is 9.13 Å². The first-order valence-electron chi connectivity index (χ1n) is 5.73. The van der Waals surface area contributed by atoms with Crippen LogP contribution in [0.15, 0.2) is 12.1 Å². The number of benzene rings is 1. The minimum absolute atomic E-state index is 0.211. The maximum absolute atomic E-state index is 13.8. The fourth-order valence-electron chi connectivity index (χ4n) is 2.43. The first-order chi connectivity index (χ1) is 7.59. The molecule has 0 nitrogen and oxygen atoms in total. The van der Waals surface area contributed by atoms with Crippen molar-refractivity contribution in [3.8, 4) is 0 Å². The number of rotatable bonds is 1. The molecular formula is C13H15F2I. The van der Waals surface area contributed by atoms with Gasteiger partial charge in [-0.05, 0) is 58.9 Å². The van der Waals surface area contributed by atoms with Gasteiger partial charge in [0.05, 0.1) is 3.57 Å². The molecule has 0 N–H and O–H groups in total. The molecule has 1 aromatic carbocycles. The van der Waals surface area contributed by atoms with Crippen molar-refractivity contribution in [1.82, 2.24) is 0 Å². The second kappa shape index (κ2) is 4.98. The molecule has 16 heavy (non-hydrogen) atoms. The second-order valence-corrected chi connectivity index (χ2v) is 5.88. The van der Waals surface area contributed by atoms with Crippen molar-refractivity contribution < 1.29 is 8.78 Å². The van der Waals surface area contributed by atoms with E-state index in [-0.39, 0.29) is 5.92 Å². The Hall–Kier alpha value is -0.190. The van der Waals surface area contributed by atoms with Crippen LogP contribution in [-0.2, 0) is 0 Å². The van der Waals surface area contributed by atoms with Crippen LogP contribution < -0.4 is 0 Å². The third kappa shape index (κ3) is 2.39. The minimum atomic E-state index is -0.684. The monoisotopic (exact) mass is 336 g/mol. The van der Waals surface area contributed by atoms with E-state index in [4.69, 9.17) is 0 Å². The zero-order valence-corrected chi connectivity index (χ0v) is 11.4. The number of hydrogen-bond acceptors (Lipinski definition) is 0. The van der Waals surface area contributed by atoms with Crippen LogP contribution in [0.2, 0.25) is 0 Å². The van der Waals surface area contributed by atoms with Gasteiger partial charge in [0, 0.05) is 0 Å². The van der Waals surface area contributed by atoms with Crippen LogP contribution in [0.1, 0.15) is 44.1 Å². The fraction of sp³-hybridized carbons (Fsp3) is 0.538. The maximum atomic E-state index is 13.8. The predicted molar refractivity (Wildman–Crippen MR) is 69.4 cm³/mol. The summed E-state index contributed by atoms with van der Waals surface area (Å²) in [5, 5.41) is 0. The molecule has 1 fully saturated rings. The summed E-state index contributed by atoms with van der Waals surface area (Å²) in [6.07, 6.45) is 4.21. The van der Waals surface area contributed by atoms with E-state index < -0.39 is 11.6 Å². The van der Waals surface area contributed by atoms with E-state index >= 15 is 0 Å². The predicted octanol–water partition coefficient (Wildman–Crippen LogP) is 4.86. The molecule has 1 aliphatic carbocycles. The summed E-state index contributed by atoms with van der Waals surface area (Å²) in [6.45, 7) is 2.22. The maximum Gasteiger partial charge on any atom is 0.172 e. The van der Waals surface area contributed by atoms with Crippen LogP contribution in [0, 0.1) is 21.1 Å². The number of hydrogen-bond donors (Lipinski definition) is 0. The van der Waals surface area contributed by atoms with Gasteiger partial charge in [-0.2, -0.15) is 0 Å². The molecular weight excluding hydrogens is 321 g/mol. The second-order valence-electron chi connectivity index (χ2n) is 4.72. The lowest BCUT2D eigenvalue weighted by molar-refractivity contribution is 0.339. The topological polar surface area (TPSA) is 0 Å². The minimum Gasteiger partial charge on any atom is -0.203 e.